The minimum atomic E-state index is -0.575. The number of hydrogen-bond acceptors (Lipinski definition) is 4. The van der Waals surface area contributed by atoms with Crippen LogP contribution in [0.2, 0.25) is 0 Å². The van der Waals surface area contributed by atoms with Crippen LogP contribution in [-0.2, 0) is 11.3 Å². The van der Waals surface area contributed by atoms with Gasteiger partial charge in [-0.3, -0.25) is 9.36 Å². The monoisotopic (exact) mass is 394 g/mol. The molecule has 1 amide bonds. The maximum atomic E-state index is 13.2. The Labute approximate surface area is 165 Å². The first-order chi connectivity index (χ1) is 13.9. The number of hydrogen-bond donors (Lipinski definition) is 1. The summed E-state index contributed by atoms with van der Waals surface area (Å²) in [5.41, 5.74) is 3.39. The summed E-state index contributed by atoms with van der Waals surface area (Å²) in [7, 11) is 0. The first kappa shape index (κ1) is 18.7. The molecule has 0 saturated carbocycles. The zero-order valence-corrected chi connectivity index (χ0v) is 15.9. The molecule has 2 heterocycles. The molecule has 1 N–H and O–H groups in total. The van der Waals surface area contributed by atoms with E-state index in [2.05, 4.69) is 10.4 Å². The van der Waals surface area contributed by atoms with Crippen molar-refractivity contribution in [1.29, 1.82) is 0 Å². The molecule has 2 aromatic carbocycles. The normalized spacial score (nSPS) is 12.2. The average Bonchev–Trinajstić information content (AvgIpc) is 3.23. The fourth-order valence-corrected chi connectivity index (χ4v) is 3.36. The summed E-state index contributed by atoms with van der Waals surface area (Å²) in [5, 5.41) is 7.23. The summed E-state index contributed by atoms with van der Waals surface area (Å²) >= 11 is 0. The zero-order valence-electron chi connectivity index (χ0n) is 15.9. The van der Waals surface area contributed by atoms with E-state index in [1.54, 1.807) is 47.3 Å². The van der Waals surface area contributed by atoms with Crippen molar-refractivity contribution in [3.05, 3.63) is 82.4 Å². The molecule has 0 spiro atoms. The van der Waals surface area contributed by atoms with E-state index >= 15 is 0 Å². The number of carbonyl (C=O) groups is 1. The molecular weight excluding hydrogens is 375 g/mol. The van der Waals surface area contributed by atoms with Gasteiger partial charge in [0, 0.05) is 11.3 Å². The largest absolute Gasteiger partial charge is 0.420 e. The third-order valence-corrected chi connectivity index (χ3v) is 4.84. The van der Waals surface area contributed by atoms with E-state index in [1.807, 2.05) is 13.8 Å². The van der Waals surface area contributed by atoms with Crippen LogP contribution < -0.4 is 11.1 Å². The lowest BCUT2D eigenvalue weighted by molar-refractivity contribution is -0.122. The van der Waals surface area contributed by atoms with Crippen molar-refractivity contribution in [1.82, 2.24) is 19.7 Å². The lowest BCUT2D eigenvalue weighted by atomic mass is 10.1. The third kappa shape index (κ3) is 3.56. The van der Waals surface area contributed by atoms with E-state index in [9.17, 15) is 14.0 Å². The highest BCUT2D eigenvalue weighted by atomic mass is 19.1. The molecular formula is C21H19FN4O3. The Morgan fingerprint density at radius 1 is 1.21 bits per heavy atom. The number of nitrogens with zero attached hydrogens (tertiary/aromatic N) is 3. The predicted octanol–water partition coefficient (Wildman–Crippen LogP) is 3.11. The molecule has 1 unspecified atom stereocenters. The van der Waals surface area contributed by atoms with Gasteiger partial charge in [-0.25, -0.2) is 13.9 Å². The number of amides is 1. The molecule has 0 aliphatic rings. The van der Waals surface area contributed by atoms with Gasteiger partial charge in [0.1, 0.15) is 12.4 Å². The van der Waals surface area contributed by atoms with Gasteiger partial charge in [0.2, 0.25) is 5.91 Å². The molecule has 8 heteroatoms. The fourth-order valence-electron chi connectivity index (χ4n) is 3.36. The molecule has 0 aliphatic heterocycles. The van der Waals surface area contributed by atoms with Crippen LogP contribution in [0, 0.1) is 12.7 Å². The van der Waals surface area contributed by atoms with Crippen molar-refractivity contribution in [3.63, 3.8) is 0 Å². The number of fused-ring (bicyclic) bond motifs is 1. The first-order valence-corrected chi connectivity index (χ1v) is 9.12. The van der Waals surface area contributed by atoms with E-state index in [-0.39, 0.29) is 24.3 Å². The van der Waals surface area contributed by atoms with Crippen LogP contribution in [0.25, 0.3) is 16.8 Å². The van der Waals surface area contributed by atoms with Gasteiger partial charge in [-0.05, 0) is 50.2 Å². The number of para-hydroxylation sites is 2. The summed E-state index contributed by atoms with van der Waals surface area (Å²) < 4.78 is 21.3. The summed E-state index contributed by atoms with van der Waals surface area (Å²) in [6.07, 6.45) is 1.67. The van der Waals surface area contributed by atoms with Crippen LogP contribution in [0.1, 0.15) is 24.2 Å². The fraction of sp³-hybridized carbons (Fsp3) is 0.190. The Balaban J connectivity index is 1.51. The number of halogens is 1. The van der Waals surface area contributed by atoms with Crippen LogP contribution >= 0.6 is 0 Å². The Morgan fingerprint density at radius 2 is 1.93 bits per heavy atom. The molecule has 2 aromatic heterocycles. The molecule has 7 nitrogen and oxygen atoms in total. The Kier molecular flexibility index (Phi) is 4.75. The standard InChI is InChI=1S/C21H19FN4O3/c1-13(17-11-23-26(14(17)2)16-9-7-15(22)8-10-16)24-20(27)12-25-18-5-3-4-6-19(18)29-21(25)28/h3-11,13H,12H2,1-2H3,(H,24,27). The average molecular weight is 394 g/mol. The number of oxazole rings is 1. The third-order valence-electron chi connectivity index (χ3n) is 4.84. The van der Waals surface area contributed by atoms with Gasteiger partial charge in [-0.1, -0.05) is 12.1 Å². The van der Waals surface area contributed by atoms with E-state index in [0.717, 1.165) is 16.9 Å². The van der Waals surface area contributed by atoms with E-state index in [1.165, 1.54) is 16.7 Å². The van der Waals surface area contributed by atoms with E-state index < -0.39 is 5.76 Å². The minimum absolute atomic E-state index is 0.147. The van der Waals surface area contributed by atoms with Crippen LogP contribution in [0.4, 0.5) is 4.39 Å². The summed E-state index contributed by atoms with van der Waals surface area (Å²) in [4.78, 5) is 24.6. The lowest BCUT2D eigenvalue weighted by Crippen LogP contribution is -2.32. The topological polar surface area (TPSA) is 82.1 Å². The van der Waals surface area contributed by atoms with Crippen molar-refractivity contribution in [2.24, 2.45) is 0 Å². The lowest BCUT2D eigenvalue weighted by Gasteiger charge is -2.14. The second-order valence-corrected chi connectivity index (χ2v) is 6.78. The smallest absolute Gasteiger partial charge is 0.408 e. The molecule has 0 bridgehead atoms. The number of carbonyl (C=O) groups excluding carboxylic acids is 1. The van der Waals surface area contributed by atoms with Crippen LogP contribution in [0.3, 0.4) is 0 Å². The van der Waals surface area contributed by atoms with E-state index in [4.69, 9.17) is 4.42 Å². The second-order valence-electron chi connectivity index (χ2n) is 6.78. The molecule has 0 aliphatic carbocycles. The maximum Gasteiger partial charge on any atom is 0.420 e. The predicted molar refractivity (Wildman–Crippen MR) is 105 cm³/mol. The first-order valence-electron chi connectivity index (χ1n) is 9.12. The number of benzene rings is 2. The molecule has 4 aromatic rings. The van der Waals surface area contributed by atoms with Crippen LogP contribution in [0.5, 0.6) is 0 Å². The van der Waals surface area contributed by atoms with Crippen molar-refractivity contribution in [2.45, 2.75) is 26.4 Å². The highest BCUT2D eigenvalue weighted by Gasteiger charge is 2.18. The van der Waals surface area contributed by atoms with Crippen molar-refractivity contribution < 1.29 is 13.6 Å². The summed E-state index contributed by atoms with van der Waals surface area (Å²) in [6, 6.07) is 12.6. The molecule has 4 rings (SSSR count). The molecule has 148 valence electrons. The molecule has 0 fully saturated rings. The molecule has 0 saturated heterocycles. The molecule has 0 radical (unpaired) electrons. The van der Waals surface area contributed by atoms with Crippen molar-refractivity contribution in [2.75, 3.05) is 0 Å². The van der Waals surface area contributed by atoms with Crippen LogP contribution in [0.15, 0.2) is 63.9 Å². The highest BCUT2D eigenvalue weighted by Crippen LogP contribution is 2.20. The van der Waals surface area contributed by atoms with Crippen LogP contribution in [-0.4, -0.2) is 20.3 Å². The van der Waals surface area contributed by atoms with E-state index in [0.29, 0.717) is 11.1 Å². The highest BCUT2D eigenvalue weighted by molar-refractivity contribution is 5.79. The molecule has 29 heavy (non-hydrogen) atoms. The second kappa shape index (κ2) is 7.38. The maximum absolute atomic E-state index is 13.2. The van der Waals surface area contributed by atoms with Crippen molar-refractivity contribution in [3.8, 4) is 5.69 Å². The quantitative estimate of drug-likeness (QED) is 0.564. The Bertz CT molecular complexity index is 1240. The molecule has 1 atom stereocenters. The number of rotatable bonds is 5. The van der Waals surface area contributed by atoms with Gasteiger partial charge in [0.05, 0.1) is 23.4 Å². The van der Waals surface area contributed by atoms with Gasteiger partial charge in [-0.15, -0.1) is 0 Å². The van der Waals surface area contributed by atoms with Gasteiger partial charge < -0.3 is 9.73 Å². The Morgan fingerprint density at radius 3 is 2.69 bits per heavy atom. The number of aromatic nitrogens is 3. The summed E-state index contributed by atoms with van der Waals surface area (Å²) in [5.74, 6) is -1.21. The van der Waals surface area contributed by atoms with Gasteiger partial charge in [0.25, 0.3) is 0 Å². The summed E-state index contributed by atoms with van der Waals surface area (Å²) in [6.45, 7) is 3.57. The van der Waals surface area contributed by atoms with Gasteiger partial charge in [0.15, 0.2) is 5.58 Å². The zero-order chi connectivity index (χ0) is 20.5. The van der Waals surface area contributed by atoms with Gasteiger partial charge in [-0.2, -0.15) is 5.10 Å². The SMILES string of the molecule is Cc1c(C(C)NC(=O)Cn2c(=O)oc3ccccc32)cnn1-c1ccc(F)cc1. The minimum Gasteiger partial charge on any atom is -0.408 e. The Hall–Kier alpha value is -3.68. The number of nitrogens with one attached hydrogen (secondary N) is 1. The van der Waals surface area contributed by atoms with Crippen molar-refractivity contribution >= 4 is 17.0 Å². The van der Waals surface area contributed by atoms with Gasteiger partial charge >= 0.3 is 5.76 Å².